The highest BCUT2D eigenvalue weighted by Crippen LogP contribution is 2.23. The Morgan fingerprint density at radius 2 is 1.79 bits per heavy atom. The number of benzene rings is 2. The summed E-state index contributed by atoms with van der Waals surface area (Å²) < 4.78 is 0. The van der Waals surface area contributed by atoms with E-state index in [-0.39, 0.29) is 11.6 Å². The summed E-state index contributed by atoms with van der Waals surface area (Å²) in [4.78, 5) is 25.3. The van der Waals surface area contributed by atoms with Crippen LogP contribution in [-0.4, -0.2) is 20.9 Å². The number of carbonyl (C=O) groups excluding carboxylic acids is 1. The molecule has 0 unspecified atom stereocenters. The molecule has 4 aromatic rings. The summed E-state index contributed by atoms with van der Waals surface area (Å²) in [6.07, 6.45) is 4.07. The lowest BCUT2D eigenvalue weighted by molar-refractivity contribution is 0.102. The first-order valence-electron chi connectivity index (χ1n) is 9.06. The van der Waals surface area contributed by atoms with Gasteiger partial charge in [-0.05, 0) is 36.2 Å². The minimum Gasteiger partial charge on any atom is -0.338 e. The highest BCUT2D eigenvalue weighted by Gasteiger charge is 2.10. The molecule has 0 aliphatic heterocycles. The van der Waals surface area contributed by atoms with Crippen molar-refractivity contribution >= 4 is 34.0 Å². The van der Waals surface area contributed by atoms with Crippen LogP contribution in [-0.2, 0) is 6.42 Å². The van der Waals surface area contributed by atoms with Gasteiger partial charge in [-0.15, -0.1) is 0 Å². The van der Waals surface area contributed by atoms with Crippen molar-refractivity contribution in [2.24, 2.45) is 0 Å². The van der Waals surface area contributed by atoms with Crippen LogP contribution in [0.1, 0.15) is 23.0 Å². The molecule has 4 rings (SSSR count). The van der Waals surface area contributed by atoms with Crippen LogP contribution in [0, 0.1) is 0 Å². The lowest BCUT2D eigenvalue weighted by Gasteiger charge is -2.09. The van der Waals surface area contributed by atoms with Crippen molar-refractivity contribution in [2.45, 2.75) is 13.3 Å². The Labute approximate surface area is 162 Å². The number of rotatable bonds is 5. The highest BCUT2D eigenvalue weighted by atomic mass is 16.1. The average molecular weight is 369 g/mol. The quantitative estimate of drug-likeness (QED) is 0.538. The van der Waals surface area contributed by atoms with E-state index in [1.807, 2.05) is 54.6 Å². The predicted octanol–water partition coefficient (Wildman–Crippen LogP) is 4.58. The molecule has 1 amide bonds. The van der Waals surface area contributed by atoms with Gasteiger partial charge in [0.25, 0.3) is 5.91 Å². The van der Waals surface area contributed by atoms with Crippen molar-refractivity contribution in [3.05, 3.63) is 84.4 Å². The SMILES string of the molecule is CCc1ccc(NC(=O)c2cc(Nc3cccc4cccnc34)ncn2)cc1. The Balaban J connectivity index is 1.54. The first kappa shape index (κ1) is 17.6. The van der Waals surface area contributed by atoms with Gasteiger partial charge < -0.3 is 10.6 Å². The van der Waals surface area contributed by atoms with Crippen molar-refractivity contribution in [1.29, 1.82) is 0 Å². The Bertz CT molecular complexity index is 1120. The van der Waals surface area contributed by atoms with Crippen LogP contribution in [0.4, 0.5) is 17.2 Å². The number of para-hydroxylation sites is 1. The normalized spacial score (nSPS) is 10.6. The lowest BCUT2D eigenvalue weighted by Crippen LogP contribution is -2.14. The zero-order valence-corrected chi connectivity index (χ0v) is 15.4. The molecule has 2 N–H and O–H groups in total. The van der Waals surface area contributed by atoms with Gasteiger partial charge in [0.1, 0.15) is 17.8 Å². The van der Waals surface area contributed by atoms with Gasteiger partial charge in [0.2, 0.25) is 0 Å². The van der Waals surface area contributed by atoms with E-state index in [1.54, 1.807) is 12.3 Å². The summed E-state index contributed by atoms with van der Waals surface area (Å²) in [5, 5.41) is 7.11. The third-order valence-electron chi connectivity index (χ3n) is 4.42. The molecule has 6 heteroatoms. The van der Waals surface area contributed by atoms with Crippen molar-refractivity contribution in [3.63, 3.8) is 0 Å². The second-order valence-electron chi connectivity index (χ2n) is 6.30. The molecule has 0 aliphatic rings. The second kappa shape index (κ2) is 7.84. The zero-order valence-electron chi connectivity index (χ0n) is 15.4. The molecular weight excluding hydrogens is 350 g/mol. The van der Waals surface area contributed by atoms with Gasteiger partial charge in [-0.2, -0.15) is 0 Å². The van der Waals surface area contributed by atoms with E-state index < -0.39 is 0 Å². The van der Waals surface area contributed by atoms with Gasteiger partial charge in [-0.1, -0.05) is 37.3 Å². The van der Waals surface area contributed by atoms with Gasteiger partial charge in [-0.3, -0.25) is 9.78 Å². The average Bonchev–Trinajstić information content (AvgIpc) is 2.75. The number of anilines is 3. The predicted molar refractivity (Wildman–Crippen MR) is 111 cm³/mol. The Morgan fingerprint density at radius 1 is 0.964 bits per heavy atom. The highest BCUT2D eigenvalue weighted by molar-refractivity contribution is 6.03. The topological polar surface area (TPSA) is 79.8 Å². The molecule has 0 bridgehead atoms. The van der Waals surface area contributed by atoms with E-state index in [0.717, 1.165) is 28.7 Å². The molecule has 0 aliphatic carbocycles. The number of amides is 1. The Kier molecular flexibility index (Phi) is 4.93. The Morgan fingerprint density at radius 3 is 2.61 bits per heavy atom. The largest absolute Gasteiger partial charge is 0.338 e. The molecule has 2 aromatic heterocycles. The van der Waals surface area contributed by atoms with E-state index in [4.69, 9.17) is 0 Å². The molecule has 138 valence electrons. The Hall–Kier alpha value is -3.80. The molecule has 0 radical (unpaired) electrons. The minimum atomic E-state index is -0.286. The maximum atomic E-state index is 12.5. The van der Waals surface area contributed by atoms with Gasteiger partial charge in [-0.25, -0.2) is 9.97 Å². The molecule has 0 fully saturated rings. The fourth-order valence-corrected chi connectivity index (χ4v) is 2.91. The minimum absolute atomic E-state index is 0.283. The molecule has 28 heavy (non-hydrogen) atoms. The fraction of sp³-hybridized carbons (Fsp3) is 0.0909. The van der Waals surface area contributed by atoms with Crippen molar-refractivity contribution in [1.82, 2.24) is 15.0 Å². The second-order valence-corrected chi connectivity index (χ2v) is 6.30. The maximum Gasteiger partial charge on any atom is 0.274 e. The van der Waals surface area contributed by atoms with Crippen LogP contribution < -0.4 is 10.6 Å². The summed E-state index contributed by atoms with van der Waals surface area (Å²) in [5.41, 5.74) is 3.89. The van der Waals surface area contributed by atoms with E-state index in [1.165, 1.54) is 11.9 Å². The molecule has 2 heterocycles. The molecule has 0 spiro atoms. The van der Waals surface area contributed by atoms with Crippen molar-refractivity contribution in [2.75, 3.05) is 10.6 Å². The number of pyridine rings is 1. The number of fused-ring (bicyclic) bond motifs is 1. The van der Waals surface area contributed by atoms with Crippen LogP contribution in [0.25, 0.3) is 10.9 Å². The lowest BCUT2D eigenvalue weighted by atomic mass is 10.1. The molecule has 0 saturated heterocycles. The number of aromatic nitrogens is 3. The van der Waals surface area contributed by atoms with Crippen LogP contribution >= 0.6 is 0 Å². The molecule has 2 aromatic carbocycles. The number of nitrogens with one attached hydrogen (secondary N) is 2. The van der Waals surface area contributed by atoms with Gasteiger partial charge in [0.05, 0.1) is 11.2 Å². The molecule has 6 nitrogen and oxygen atoms in total. The van der Waals surface area contributed by atoms with E-state index in [0.29, 0.717) is 5.82 Å². The summed E-state index contributed by atoms with van der Waals surface area (Å²) in [6.45, 7) is 2.09. The summed E-state index contributed by atoms with van der Waals surface area (Å²) >= 11 is 0. The number of nitrogens with zero attached hydrogens (tertiary/aromatic N) is 3. The zero-order chi connectivity index (χ0) is 19.3. The first-order chi connectivity index (χ1) is 13.7. The number of carbonyl (C=O) groups is 1. The number of hydrogen-bond donors (Lipinski definition) is 2. The third kappa shape index (κ3) is 3.81. The smallest absolute Gasteiger partial charge is 0.274 e. The fourth-order valence-electron chi connectivity index (χ4n) is 2.91. The van der Waals surface area contributed by atoms with E-state index >= 15 is 0 Å². The van der Waals surface area contributed by atoms with Crippen LogP contribution in [0.5, 0.6) is 0 Å². The van der Waals surface area contributed by atoms with Gasteiger partial charge in [0, 0.05) is 23.3 Å². The number of hydrogen-bond acceptors (Lipinski definition) is 5. The van der Waals surface area contributed by atoms with Gasteiger partial charge >= 0.3 is 0 Å². The van der Waals surface area contributed by atoms with E-state index in [9.17, 15) is 4.79 Å². The summed E-state index contributed by atoms with van der Waals surface area (Å²) in [6, 6.07) is 19.1. The first-order valence-corrected chi connectivity index (χ1v) is 9.06. The third-order valence-corrected chi connectivity index (χ3v) is 4.42. The molecule has 0 atom stereocenters. The van der Waals surface area contributed by atoms with Crippen molar-refractivity contribution in [3.8, 4) is 0 Å². The van der Waals surface area contributed by atoms with Crippen molar-refractivity contribution < 1.29 is 4.79 Å². The van der Waals surface area contributed by atoms with E-state index in [2.05, 4.69) is 32.5 Å². The summed E-state index contributed by atoms with van der Waals surface area (Å²) in [5.74, 6) is 0.241. The number of aryl methyl sites for hydroxylation is 1. The molecule has 0 saturated carbocycles. The standard InChI is InChI=1S/C22H19N5O/c1-2-15-8-10-17(11-9-15)26-22(28)19-13-20(25-14-24-19)27-18-7-3-5-16-6-4-12-23-21(16)18/h3-14H,2H2,1H3,(H,26,28)(H,24,25,27). The van der Waals surface area contributed by atoms with Gasteiger partial charge in [0.15, 0.2) is 0 Å². The van der Waals surface area contributed by atoms with Crippen LogP contribution in [0.15, 0.2) is 73.2 Å². The van der Waals surface area contributed by atoms with Crippen LogP contribution in [0.3, 0.4) is 0 Å². The monoisotopic (exact) mass is 369 g/mol. The maximum absolute atomic E-state index is 12.5. The molecular formula is C22H19N5O. The van der Waals surface area contributed by atoms with Crippen LogP contribution in [0.2, 0.25) is 0 Å². The summed E-state index contributed by atoms with van der Waals surface area (Å²) in [7, 11) is 0.